The van der Waals surface area contributed by atoms with Gasteiger partial charge in [-0.15, -0.1) is 0 Å². The van der Waals surface area contributed by atoms with Gasteiger partial charge in [0.25, 0.3) is 11.8 Å². The highest BCUT2D eigenvalue weighted by atomic mass is 16.5. The van der Waals surface area contributed by atoms with Gasteiger partial charge in [0.2, 0.25) is 0 Å². The van der Waals surface area contributed by atoms with Crippen molar-refractivity contribution in [1.29, 1.82) is 0 Å². The number of anilines is 2. The van der Waals surface area contributed by atoms with E-state index in [1.807, 2.05) is 0 Å². The minimum absolute atomic E-state index is 0.0978. The van der Waals surface area contributed by atoms with Crippen LogP contribution in [-0.4, -0.2) is 48.5 Å². The summed E-state index contributed by atoms with van der Waals surface area (Å²) in [6.07, 6.45) is 0. The van der Waals surface area contributed by atoms with Gasteiger partial charge in [-0.3, -0.25) is 9.59 Å². The van der Waals surface area contributed by atoms with Gasteiger partial charge in [0.15, 0.2) is 0 Å². The number of aliphatic hydroxyl groups excluding tert-OH is 2. The van der Waals surface area contributed by atoms with Crippen molar-refractivity contribution in [3.63, 3.8) is 0 Å². The van der Waals surface area contributed by atoms with Crippen molar-refractivity contribution in [2.75, 3.05) is 37.1 Å². The van der Waals surface area contributed by atoms with Gasteiger partial charge in [-0.25, -0.2) is 0 Å². The monoisotopic (exact) mass is 436 g/mol. The maximum atomic E-state index is 12.5. The SMILES string of the molecule is O=C(Nc1cccc(OCCO)c1)c1ccc(C(=O)Nc2cccc(OCCO)c2)cc1. The van der Waals surface area contributed by atoms with E-state index < -0.39 is 0 Å². The molecule has 0 heterocycles. The molecule has 166 valence electrons. The van der Waals surface area contributed by atoms with Gasteiger partial charge in [0, 0.05) is 34.6 Å². The Morgan fingerprint density at radius 2 is 1.06 bits per heavy atom. The lowest BCUT2D eigenvalue weighted by molar-refractivity contribution is 0.101. The number of carbonyl (C=O) groups excluding carboxylic acids is 2. The predicted molar refractivity (Wildman–Crippen MR) is 120 cm³/mol. The molecule has 0 saturated carbocycles. The molecule has 0 aromatic heterocycles. The second kappa shape index (κ2) is 11.5. The summed E-state index contributed by atoms with van der Waals surface area (Å²) in [4.78, 5) is 25.0. The van der Waals surface area contributed by atoms with Gasteiger partial charge in [-0.1, -0.05) is 12.1 Å². The fourth-order valence-electron chi connectivity index (χ4n) is 2.83. The van der Waals surface area contributed by atoms with Crippen molar-refractivity contribution in [1.82, 2.24) is 0 Å². The Morgan fingerprint density at radius 3 is 1.44 bits per heavy atom. The number of hydrogen-bond acceptors (Lipinski definition) is 6. The number of nitrogens with one attached hydrogen (secondary N) is 2. The molecule has 0 aliphatic rings. The molecule has 2 amide bonds. The summed E-state index contributed by atoms with van der Waals surface area (Å²) in [5.41, 5.74) is 1.89. The molecule has 0 fully saturated rings. The molecule has 0 spiro atoms. The first kappa shape index (κ1) is 22.8. The number of carbonyl (C=O) groups is 2. The van der Waals surface area contributed by atoms with E-state index in [9.17, 15) is 9.59 Å². The van der Waals surface area contributed by atoms with Crippen LogP contribution in [0, 0.1) is 0 Å². The van der Waals surface area contributed by atoms with E-state index in [1.54, 1.807) is 72.8 Å². The van der Waals surface area contributed by atoms with Crippen LogP contribution in [0.15, 0.2) is 72.8 Å². The zero-order valence-electron chi connectivity index (χ0n) is 17.3. The van der Waals surface area contributed by atoms with Crippen LogP contribution < -0.4 is 20.1 Å². The molecule has 0 unspecified atom stereocenters. The molecule has 3 aromatic rings. The van der Waals surface area contributed by atoms with Crippen molar-refractivity contribution >= 4 is 23.2 Å². The van der Waals surface area contributed by atoms with Crippen LogP contribution in [0.2, 0.25) is 0 Å². The number of benzene rings is 3. The second-order valence-corrected chi connectivity index (χ2v) is 6.69. The molecule has 32 heavy (non-hydrogen) atoms. The molecule has 0 bridgehead atoms. The number of ether oxygens (including phenoxy) is 2. The minimum atomic E-state index is -0.329. The Hall–Kier alpha value is -3.88. The van der Waals surface area contributed by atoms with Crippen molar-refractivity contribution < 1.29 is 29.3 Å². The zero-order chi connectivity index (χ0) is 22.8. The Morgan fingerprint density at radius 1 is 0.656 bits per heavy atom. The molecule has 8 nitrogen and oxygen atoms in total. The molecule has 3 rings (SSSR count). The topological polar surface area (TPSA) is 117 Å². The summed E-state index contributed by atoms with van der Waals surface area (Å²) in [5, 5.41) is 23.2. The fourth-order valence-corrected chi connectivity index (χ4v) is 2.83. The molecule has 4 N–H and O–H groups in total. The van der Waals surface area contributed by atoms with E-state index in [2.05, 4.69) is 10.6 Å². The smallest absolute Gasteiger partial charge is 0.255 e. The van der Waals surface area contributed by atoms with E-state index in [4.69, 9.17) is 19.7 Å². The van der Waals surface area contributed by atoms with Gasteiger partial charge in [-0.2, -0.15) is 0 Å². The Kier molecular flexibility index (Phi) is 8.19. The van der Waals surface area contributed by atoms with Crippen LogP contribution in [0.3, 0.4) is 0 Å². The third kappa shape index (κ3) is 6.56. The summed E-state index contributed by atoms with van der Waals surface area (Å²) in [7, 11) is 0. The number of amides is 2. The van der Waals surface area contributed by atoms with Gasteiger partial charge in [0.1, 0.15) is 24.7 Å². The lowest BCUT2D eigenvalue weighted by atomic mass is 10.1. The molecular weight excluding hydrogens is 412 g/mol. The number of hydrogen-bond donors (Lipinski definition) is 4. The normalized spacial score (nSPS) is 10.3. The Labute approximate surface area is 185 Å². The zero-order valence-corrected chi connectivity index (χ0v) is 17.3. The van der Waals surface area contributed by atoms with E-state index >= 15 is 0 Å². The van der Waals surface area contributed by atoms with Crippen LogP contribution in [0.25, 0.3) is 0 Å². The quantitative estimate of drug-likeness (QED) is 0.388. The van der Waals surface area contributed by atoms with Crippen molar-refractivity contribution in [2.45, 2.75) is 0 Å². The van der Waals surface area contributed by atoms with E-state index in [-0.39, 0.29) is 38.2 Å². The highest BCUT2D eigenvalue weighted by molar-refractivity contribution is 6.07. The Balaban J connectivity index is 1.60. The van der Waals surface area contributed by atoms with E-state index in [1.165, 1.54) is 0 Å². The fraction of sp³-hybridized carbons (Fsp3) is 0.167. The largest absolute Gasteiger partial charge is 0.491 e. The van der Waals surface area contributed by atoms with Crippen LogP contribution >= 0.6 is 0 Å². The van der Waals surface area contributed by atoms with Gasteiger partial charge < -0.3 is 30.3 Å². The molecule has 3 aromatic carbocycles. The first-order chi connectivity index (χ1) is 15.6. The Bertz CT molecular complexity index is 968. The summed E-state index contributed by atoms with van der Waals surface area (Å²) < 4.78 is 10.7. The second-order valence-electron chi connectivity index (χ2n) is 6.69. The van der Waals surface area contributed by atoms with Crippen LogP contribution in [0.4, 0.5) is 11.4 Å². The lowest BCUT2D eigenvalue weighted by Gasteiger charge is -2.10. The number of rotatable bonds is 10. The first-order valence-corrected chi connectivity index (χ1v) is 9.99. The van der Waals surface area contributed by atoms with Crippen molar-refractivity contribution in [3.05, 3.63) is 83.9 Å². The summed E-state index contributed by atoms with van der Waals surface area (Å²) in [6, 6.07) is 20.0. The highest BCUT2D eigenvalue weighted by Gasteiger charge is 2.11. The summed E-state index contributed by atoms with van der Waals surface area (Å²) in [5.74, 6) is 0.416. The van der Waals surface area contributed by atoms with Gasteiger partial charge in [0.05, 0.1) is 13.2 Å². The third-order valence-electron chi connectivity index (χ3n) is 4.31. The van der Waals surface area contributed by atoms with Crippen LogP contribution in [0.1, 0.15) is 20.7 Å². The van der Waals surface area contributed by atoms with Crippen molar-refractivity contribution in [2.24, 2.45) is 0 Å². The average Bonchev–Trinajstić information content (AvgIpc) is 2.82. The molecule has 8 heteroatoms. The highest BCUT2D eigenvalue weighted by Crippen LogP contribution is 2.20. The van der Waals surface area contributed by atoms with Gasteiger partial charge >= 0.3 is 0 Å². The third-order valence-corrected chi connectivity index (χ3v) is 4.31. The molecule has 0 aliphatic heterocycles. The average molecular weight is 436 g/mol. The number of aliphatic hydroxyl groups is 2. The van der Waals surface area contributed by atoms with Gasteiger partial charge in [-0.05, 0) is 48.5 Å². The summed E-state index contributed by atoms with van der Waals surface area (Å²) >= 11 is 0. The minimum Gasteiger partial charge on any atom is -0.491 e. The molecular formula is C24H24N2O6. The summed E-state index contributed by atoms with van der Waals surface area (Å²) in [6.45, 7) is 0.140. The maximum Gasteiger partial charge on any atom is 0.255 e. The maximum absolute atomic E-state index is 12.5. The first-order valence-electron chi connectivity index (χ1n) is 9.99. The standard InChI is InChI=1S/C24H24N2O6/c27-11-13-31-21-5-1-3-19(15-21)25-23(29)17-7-9-18(10-8-17)24(30)26-20-4-2-6-22(16-20)32-14-12-28/h1-10,15-16,27-28H,11-14H2,(H,25,29)(H,26,30). The lowest BCUT2D eigenvalue weighted by Crippen LogP contribution is -2.14. The van der Waals surface area contributed by atoms with Crippen molar-refractivity contribution in [3.8, 4) is 11.5 Å². The molecule has 0 atom stereocenters. The molecule has 0 aliphatic carbocycles. The van der Waals surface area contributed by atoms with E-state index in [0.717, 1.165) is 0 Å². The van der Waals surface area contributed by atoms with Crippen LogP contribution in [-0.2, 0) is 0 Å². The molecule has 0 radical (unpaired) electrons. The van der Waals surface area contributed by atoms with E-state index in [0.29, 0.717) is 34.0 Å². The molecule has 0 saturated heterocycles. The van der Waals surface area contributed by atoms with Crippen LogP contribution in [0.5, 0.6) is 11.5 Å². The predicted octanol–water partition coefficient (Wildman–Crippen LogP) is 2.93.